The Bertz CT molecular complexity index is 456. The average Bonchev–Trinajstić information content (AvgIpc) is 2.48. The third-order valence-corrected chi connectivity index (χ3v) is 2.95. The molecule has 0 saturated heterocycles. The number of nitrogens with two attached hydrogens (primary N) is 1. The minimum Gasteiger partial charge on any atom is -0.510 e. The molecular formula is C11H10ClNO2. The summed E-state index contributed by atoms with van der Waals surface area (Å²) in [4.78, 5) is 11.7. The lowest BCUT2D eigenvalue weighted by molar-refractivity contribution is -0.122. The fraction of sp³-hybridized carbons (Fsp3) is 0.182. The standard InChI is InChI=1S/C11H10ClNO2/c12-8-4-2-1-3-7(8)11(13)9(14)5-6-10(11)15/h1-5,14H,6,13H2/t11-/m1/s1. The zero-order valence-electron chi connectivity index (χ0n) is 7.90. The Morgan fingerprint density at radius 3 is 2.60 bits per heavy atom. The summed E-state index contributed by atoms with van der Waals surface area (Å²) in [6.07, 6.45) is 1.57. The summed E-state index contributed by atoms with van der Waals surface area (Å²) in [5, 5.41) is 10.0. The molecular weight excluding hydrogens is 214 g/mol. The summed E-state index contributed by atoms with van der Waals surface area (Å²) in [5.41, 5.74) is 4.90. The molecule has 78 valence electrons. The first kappa shape index (κ1) is 10.2. The molecule has 0 fully saturated rings. The van der Waals surface area contributed by atoms with E-state index in [4.69, 9.17) is 17.3 Å². The maximum atomic E-state index is 11.7. The van der Waals surface area contributed by atoms with Crippen LogP contribution in [0, 0.1) is 0 Å². The number of carbonyl (C=O) groups excluding carboxylic acids is 1. The summed E-state index contributed by atoms with van der Waals surface area (Å²) in [6, 6.07) is 6.77. The van der Waals surface area contributed by atoms with Gasteiger partial charge in [-0.05, 0) is 12.1 Å². The fourth-order valence-electron chi connectivity index (χ4n) is 1.72. The Hall–Kier alpha value is -1.32. The van der Waals surface area contributed by atoms with Crippen LogP contribution >= 0.6 is 11.6 Å². The highest BCUT2D eigenvalue weighted by atomic mass is 35.5. The van der Waals surface area contributed by atoms with Crippen LogP contribution in [0.5, 0.6) is 0 Å². The third kappa shape index (κ3) is 1.35. The van der Waals surface area contributed by atoms with E-state index in [1.807, 2.05) is 0 Å². The minimum absolute atomic E-state index is 0.124. The normalized spacial score (nSPS) is 25.5. The topological polar surface area (TPSA) is 63.3 Å². The second kappa shape index (κ2) is 3.36. The molecule has 0 unspecified atom stereocenters. The number of rotatable bonds is 1. The van der Waals surface area contributed by atoms with Gasteiger partial charge in [-0.15, -0.1) is 0 Å². The van der Waals surface area contributed by atoms with Crippen LogP contribution in [0.3, 0.4) is 0 Å². The van der Waals surface area contributed by atoms with Crippen molar-refractivity contribution in [3.8, 4) is 0 Å². The van der Waals surface area contributed by atoms with Gasteiger partial charge >= 0.3 is 0 Å². The predicted molar refractivity (Wildman–Crippen MR) is 57.7 cm³/mol. The van der Waals surface area contributed by atoms with Crippen molar-refractivity contribution >= 4 is 17.4 Å². The smallest absolute Gasteiger partial charge is 0.168 e. The number of benzene rings is 1. The molecule has 1 aromatic carbocycles. The lowest BCUT2D eigenvalue weighted by Gasteiger charge is -2.24. The number of allylic oxidation sites excluding steroid dienone is 1. The molecule has 0 radical (unpaired) electrons. The van der Waals surface area contributed by atoms with Crippen LogP contribution in [-0.4, -0.2) is 10.9 Å². The first-order valence-corrected chi connectivity index (χ1v) is 4.91. The van der Waals surface area contributed by atoms with Crippen molar-refractivity contribution in [2.75, 3.05) is 0 Å². The molecule has 0 spiro atoms. The SMILES string of the molecule is N[C@@]1(c2ccccc2Cl)C(=O)CC=C1O. The van der Waals surface area contributed by atoms with Crippen molar-refractivity contribution < 1.29 is 9.90 Å². The largest absolute Gasteiger partial charge is 0.510 e. The van der Waals surface area contributed by atoms with E-state index in [0.717, 1.165) is 0 Å². The highest BCUT2D eigenvalue weighted by Gasteiger charge is 2.44. The monoisotopic (exact) mass is 223 g/mol. The fourth-order valence-corrected chi connectivity index (χ4v) is 2.01. The second-order valence-corrected chi connectivity index (χ2v) is 3.91. The number of halogens is 1. The molecule has 3 nitrogen and oxygen atoms in total. The number of aliphatic hydroxyl groups excluding tert-OH is 1. The molecule has 0 saturated carbocycles. The first-order chi connectivity index (χ1) is 7.06. The lowest BCUT2D eigenvalue weighted by atomic mass is 9.88. The Labute approximate surface area is 92.2 Å². The van der Waals surface area contributed by atoms with Crippen molar-refractivity contribution in [2.45, 2.75) is 12.0 Å². The summed E-state index contributed by atoms with van der Waals surface area (Å²) in [7, 11) is 0. The molecule has 15 heavy (non-hydrogen) atoms. The van der Waals surface area contributed by atoms with Crippen LogP contribution in [0.2, 0.25) is 5.02 Å². The van der Waals surface area contributed by atoms with Gasteiger partial charge in [0.05, 0.1) is 0 Å². The van der Waals surface area contributed by atoms with Gasteiger partial charge in [0.1, 0.15) is 5.76 Å². The molecule has 3 N–H and O–H groups in total. The highest BCUT2D eigenvalue weighted by molar-refractivity contribution is 6.32. The van der Waals surface area contributed by atoms with Gasteiger partial charge in [0.15, 0.2) is 11.3 Å². The second-order valence-electron chi connectivity index (χ2n) is 3.50. The van der Waals surface area contributed by atoms with E-state index in [9.17, 15) is 9.90 Å². The van der Waals surface area contributed by atoms with E-state index in [2.05, 4.69) is 0 Å². The summed E-state index contributed by atoms with van der Waals surface area (Å²) in [6.45, 7) is 0. The molecule has 0 bridgehead atoms. The number of carbonyl (C=O) groups is 1. The van der Waals surface area contributed by atoms with Gasteiger partial charge in [-0.2, -0.15) is 0 Å². The zero-order chi connectivity index (χ0) is 11.1. The molecule has 0 amide bonds. The average molecular weight is 224 g/mol. The van der Waals surface area contributed by atoms with Crippen LogP contribution in [0.4, 0.5) is 0 Å². The van der Waals surface area contributed by atoms with Crippen molar-refractivity contribution in [2.24, 2.45) is 5.73 Å². The predicted octanol–water partition coefficient (Wildman–Crippen LogP) is 1.91. The highest BCUT2D eigenvalue weighted by Crippen LogP contribution is 2.36. The van der Waals surface area contributed by atoms with Crippen molar-refractivity contribution in [3.05, 3.63) is 46.7 Å². The number of hydrogen-bond acceptors (Lipinski definition) is 3. The Balaban J connectivity index is 2.60. The minimum atomic E-state index is -1.46. The van der Waals surface area contributed by atoms with Crippen molar-refractivity contribution in [1.82, 2.24) is 0 Å². The molecule has 0 aliphatic heterocycles. The maximum Gasteiger partial charge on any atom is 0.168 e. The van der Waals surface area contributed by atoms with Gasteiger partial charge in [-0.3, -0.25) is 4.79 Å². The maximum absolute atomic E-state index is 11.7. The van der Waals surface area contributed by atoms with Crippen LogP contribution in [-0.2, 0) is 10.3 Å². The molecule has 2 rings (SSSR count). The number of hydrogen-bond donors (Lipinski definition) is 2. The molecule has 1 aliphatic carbocycles. The van der Waals surface area contributed by atoms with E-state index >= 15 is 0 Å². The van der Waals surface area contributed by atoms with Crippen molar-refractivity contribution in [1.29, 1.82) is 0 Å². The zero-order valence-corrected chi connectivity index (χ0v) is 8.66. The molecule has 1 aliphatic rings. The van der Waals surface area contributed by atoms with E-state index < -0.39 is 5.54 Å². The van der Waals surface area contributed by atoms with Gasteiger partial charge < -0.3 is 10.8 Å². The van der Waals surface area contributed by atoms with Gasteiger partial charge in [0.25, 0.3) is 0 Å². The lowest BCUT2D eigenvalue weighted by Crippen LogP contribution is -2.43. The van der Waals surface area contributed by atoms with E-state index in [0.29, 0.717) is 10.6 Å². The molecule has 4 heteroatoms. The Morgan fingerprint density at radius 2 is 2.07 bits per heavy atom. The first-order valence-electron chi connectivity index (χ1n) is 4.53. The summed E-state index contributed by atoms with van der Waals surface area (Å²) >= 11 is 5.95. The van der Waals surface area contributed by atoms with Crippen LogP contribution in [0.15, 0.2) is 36.1 Å². The number of Topliss-reactive ketones (excluding diaryl/α,β-unsaturated/α-hetero) is 1. The van der Waals surface area contributed by atoms with E-state index in [-0.39, 0.29) is 18.0 Å². The van der Waals surface area contributed by atoms with E-state index in [1.54, 1.807) is 24.3 Å². The summed E-state index contributed by atoms with van der Waals surface area (Å²) in [5.74, 6) is -0.367. The number of ketones is 1. The van der Waals surface area contributed by atoms with Crippen LogP contribution in [0.1, 0.15) is 12.0 Å². The Kier molecular flexibility index (Phi) is 2.29. The molecule has 1 atom stereocenters. The van der Waals surface area contributed by atoms with Gasteiger partial charge in [-0.1, -0.05) is 29.8 Å². The van der Waals surface area contributed by atoms with Crippen LogP contribution < -0.4 is 5.73 Å². The molecule has 0 aromatic heterocycles. The molecule has 0 heterocycles. The van der Waals surface area contributed by atoms with Crippen molar-refractivity contribution in [3.63, 3.8) is 0 Å². The van der Waals surface area contributed by atoms with Crippen LogP contribution in [0.25, 0.3) is 0 Å². The Morgan fingerprint density at radius 1 is 1.40 bits per heavy atom. The van der Waals surface area contributed by atoms with Gasteiger partial charge in [-0.25, -0.2) is 0 Å². The molecule has 1 aromatic rings. The number of aliphatic hydroxyl groups is 1. The van der Waals surface area contributed by atoms with Gasteiger partial charge in [0, 0.05) is 17.0 Å². The quantitative estimate of drug-likeness (QED) is 0.765. The van der Waals surface area contributed by atoms with Gasteiger partial charge in [0.2, 0.25) is 0 Å². The van der Waals surface area contributed by atoms with E-state index in [1.165, 1.54) is 6.08 Å². The summed E-state index contributed by atoms with van der Waals surface area (Å²) < 4.78 is 0. The third-order valence-electron chi connectivity index (χ3n) is 2.62.